The second kappa shape index (κ2) is 6.95. The lowest BCUT2D eigenvalue weighted by Gasteiger charge is -2.00. The molecule has 0 saturated carbocycles. The summed E-state index contributed by atoms with van der Waals surface area (Å²) < 4.78 is 23.6. The summed E-state index contributed by atoms with van der Waals surface area (Å²) in [7, 11) is 0. The summed E-state index contributed by atoms with van der Waals surface area (Å²) in [4.78, 5) is 29.0. The average molecular weight is 314 g/mol. The van der Waals surface area contributed by atoms with Crippen LogP contribution in [0.1, 0.15) is 5.69 Å². The largest absolute Gasteiger partial charge is 0.476 e. The molecule has 0 saturated heterocycles. The molecule has 19 heavy (non-hydrogen) atoms. The standard InChI is InChI=1S/C8H6ClF2N3O4S/c9-6-4(13-8(19-6)12-2-15)5(7(16)17)14-18-1-3(10)11/h2-3H,1H2,(H,16,17)(H,12,13,15). The lowest BCUT2D eigenvalue weighted by Crippen LogP contribution is -2.17. The number of hydrogen-bond donors (Lipinski definition) is 2. The second-order valence-electron chi connectivity index (χ2n) is 2.84. The maximum Gasteiger partial charge on any atom is 0.360 e. The van der Waals surface area contributed by atoms with Gasteiger partial charge in [0.1, 0.15) is 10.0 Å². The van der Waals surface area contributed by atoms with E-state index in [0.29, 0.717) is 6.41 Å². The number of carboxylic acid groups (broad SMARTS) is 1. The monoisotopic (exact) mass is 313 g/mol. The number of nitrogens with zero attached hydrogens (tertiary/aromatic N) is 2. The minimum absolute atomic E-state index is 0.0396. The number of carbonyl (C=O) groups excluding carboxylic acids is 1. The first-order valence-corrected chi connectivity index (χ1v) is 5.73. The number of halogens is 3. The van der Waals surface area contributed by atoms with Crippen LogP contribution < -0.4 is 5.32 Å². The maximum absolute atomic E-state index is 11.8. The highest BCUT2D eigenvalue weighted by molar-refractivity contribution is 7.20. The quantitative estimate of drug-likeness (QED) is 0.450. The van der Waals surface area contributed by atoms with Gasteiger partial charge in [0.25, 0.3) is 6.43 Å². The highest BCUT2D eigenvalue weighted by Gasteiger charge is 2.22. The van der Waals surface area contributed by atoms with Crippen molar-refractivity contribution in [3.05, 3.63) is 10.0 Å². The van der Waals surface area contributed by atoms with Crippen LogP contribution in [0.3, 0.4) is 0 Å². The van der Waals surface area contributed by atoms with Gasteiger partial charge >= 0.3 is 5.97 Å². The Morgan fingerprint density at radius 3 is 2.89 bits per heavy atom. The molecule has 0 atom stereocenters. The van der Waals surface area contributed by atoms with Crippen LogP contribution in [0.2, 0.25) is 4.34 Å². The van der Waals surface area contributed by atoms with E-state index in [0.717, 1.165) is 11.3 Å². The Bertz CT molecular complexity index is 508. The molecule has 2 N–H and O–H groups in total. The molecule has 0 aliphatic rings. The maximum atomic E-state index is 11.8. The summed E-state index contributed by atoms with van der Waals surface area (Å²) in [5, 5.41) is 14.1. The first kappa shape index (κ1) is 15.2. The van der Waals surface area contributed by atoms with Crippen molar-refractivity contribution in [3.63, 3.8) is 0 Å². The van der Waals surface area contributed by atoms with Crippen molar-refractivity contribution in [2.24, 2.45) is 5.16 Å². The molecule has 0 radical (unpaired) electrons. The number of carboxylic acids is 1. The zero-order chi connectivity index (χ0) is 14.4. The van der Waals surface area contributed by atoms with Gasteiger partial charge in [0, 0.05) is 0 Å². The number of aliphatic carboxylic acids is 1. The Morgan fingerprint density at radius 2 is 2.37 bits per heavy atom. The van der Waals surface area contributed by atoms with Crippen LogP contribution in [-0.4, -0.2) is 41.2 Å². The molecular weight excluding hydrogens is 308 g/mol. The molecule has 1 rings (SSSR count). The highest BCUT2D eigenvalue weighted by atomic mass is 35.5. The fourth-order valence-corrected chi connectivity index (χ4v) is 1.91. The van der Waals surface area contributed by atoms with Gasteiger partial charge in [-0.15, -0.1) is 0 Å². The molecule has 0 aromatic carbocycles. The topological polar surface area (TPSA) is 101 Å². The van der Waals surface area contributed by atoms with Crippen LogP contribution in [-0.2, 0) is 14.4 Å². The van der Waals surface area contributed by atoms with Gasteiger partial charge in [0.15, 0.2) is 11.7 Å². The van der Waals surface area contributed by atoms with Crippen LogP contribution in [0.5, 0.6) is 0 Å². The number of nitrogens with one attached hydrogen (secondary N) is 1. The Kier molecular flexibility index (Phi) is 5.57. The predicted octanol–water partition coefficient (Wildman–Crippen LogP) is 1.44. The molecule has 1 amide bonds. The molecule has 1 aromatic rings. The third-order valence-electron chi connectivity index (χ3n) is 1.55. The van der Waals surface area contributed by atoms with Crippen LogP contribution in [0.15, 0.2) is 5.16 Å². The summed E-state index contributed by atoms with van der Waals surface area (Å²) in [6.07, 6.45) is -2.47. The highest BCUT2D eigenvalue weighted by Crippen LogP contribution is 2.28. The van der Waals surface area contributed by atoms with Crippen molar-refractivity contribution in [2.75, 3.05) is 11.9 Å². The molecule has 0 aliphatic carbocycles. The van der Waals surface area contributed by atoms with E-state index >= 15 is 0 Å². The molecular formula is C8H6ClF2N3O4S. The number of aromatic nitrogens is 1. The number of alkyl halides is 2. The minimum Gasteiger partial charge on any atom is -0.476 e. The van der Waals surface area contributed by atoms with Gasteiger partial charge in [-0.1, -0.05) is 28.1 Å². The molecule has 0 fully saturated rings. The van der Waals surface area contributed by atoms with Crippen molar-refractivity contribution < 1.29 is 28.3 Å². The van der Waals surface area contributed by atoms with E-state index < -0.39 is 24.7 Å². The number of oxime groups is 1. The van der Waals surface area contributed by atoms with Gasteiger partial charge in [-0.3, -0.25) is 4.79 Å². The Hall–Kier alpha value is -1.81. The predicted molar refractivity (Wildman–Crippen MR) is 62.9 cm³/mol. The summed E-state index contributed by atoms with van der Waals surface area (Å²) in [5.41, 5.74) is -1.02. The third kappa shape index (κ3) is 4.41. The van der Waals surface area contributed by atoms with Gasteiger partial charge in [-0.2, -0.15) is 0 Å². The van der Waals surface area contributed by atoms with Crippen molar-refractivity contribution in [3.8, 4) is 0 Å². The molecule has 1 aromatic heterocycles. The molecule has 1 heterocycles. The molecule has 0 unspecified atom stereocenters. The van der Waals surface area contributed by atoms with Gasteiger partial charge in [-0.05, 0) is 0 Å². The van der Waals surface area contributed by atoms with Gasteiger partial charge in [0.2, 0.25) is 12.1 Å². The van der Waals surface area contributed by atoms with Crippen LogP contribution in [0.25, 0.3) is 0 Å². The van der Waals surface area contributed by atoms with Crippen molar-refractivity contribution in [1.82, 2.24) is 4.98 Å². The fraction of sp³-hybridized carbons (Fsp3) is 0.250. The Labute approximate surface area is 113 Å². The number of hydrogen-bond acceptors (Lipinski definition) is 6. The fourth-order valence-electron chi connectivity index (χ4n) is 0.901. The number of thiazole rings is 1. The number of carbonyl (C=O) groups is 2. The summed E-state index contributed by atoms with van der Waals surface area (Å²) in [6.45, 7) is -1.06. The molecule has 7 nitrogen and oxygen atoms in total. The van der Waals surface area contributed by atoms with Gasteiger partial charge in [0.05, 0.1) is 0 Å². The molecule has 0 bridgehead atoms. The lowest BCUT2D eigenvalue weighted by atomic mass is 10.3. The molecule has 11 heteroatoms. The Balaban J connectivity index is 2.98. The van der Waals surface area contributed by atoms with Crippen LogP contribution in [0.4, 0.5) is 13.9 Å². The third-order valence-corrected chi connectivity index (χ3v) is 2.74. The first-order valence-electron chi connectivity index (χ1n) is 4.54. The SMILES string of the molecule is O=CNc1nc(C(=NOCC(F)F)C(=O)O)c(Cl)s1. The number of amides is 1. The van der Waals surface area contributed by atoms with Crippen molar-refractivity contribution in [1.29, 1.82) is 0 Å². The van der Waals surface area contributed by atoms with E-state index in [-0.39, 0.29) is 15.2 Å². The van der Waals surface area contributed by atoms with Crippen LogP contribution in [0, 0.1) is 0 Å². The summed E-state index contributed by atoms with van der Waals surface area (Å²) in [6, 6.07) is 0. The smallest absolute Gasteiger partial charge is 0.360 e. The van der Waals surface area contributed by atoms with Crippen molar-refractivity contribution in [2.45, 2.75) is 6.43 Å². The number of rotatable bonds is 7. The summed E-state index contributed by atoms with van der Waals surface area (Å²) >= 11 is 6.50. The normalized spacial score (nSPS) is 11.5. The van der Waals surface area contributed by atoms with E-state index in [1.54, 1.807) is 0 Å². The van der Waals surface area contributed by atoms with E-state index in [4.69, 9.17) is 16.7 Å². The molecule has 0 aliphatic heterocycles. The Morgan fingerprint density at radius 1 is 1.68 bits per heavy atom. The van der Waals surface area contributed by atoms with Crippen molar-refractivity contribution >= 4 is 46.2 Å². The average Bonchev–Trinajstić information content (AvgIpc) is 2.65. The lowest BCUT2D eigenvalue weighted by molar-refractivity contribution is -0.129. The van der Waals surface area contributed by atoms with Crippen LogP contribution >= 0.6 is 22.9 Å². The number of anilines is 1. The first-order chi connectivity index (χ1) is 8.95. The second-order valence-corrected chi connectivity index (χ2v) is 4.44. The molecule has 104 valence electrons. The van der Waals surface area contributed by atoms with E-state index in [1.165, 1.54) is 0 Å². The van der Waals surface area contributed by atoms with Gasteiger partial charge < -0.3 is 15.3 Å². The zero-order valence-corrected chi connectivity index (χ0v) is 10.5. The summed E-state index contributed by atoms with van der Waals surface area (Å²) in [5.74, 6) is -1.56. The zero-order valence-electron chi connectivity index (χ0n) is 8.97. The van der Waals surface area contributed by atoms with E-state index in [9.17, 15) is 18.4 Å². The molecule has 0 spiro atoms. The van der Waals surface area contributed by atoms with E-state index in [1.807, 2.05) is 0 Å². The van der Waals surface area contributed by atoms with Gasteiger partial charge in [-0.25, -0.2) is 18.6 Å². The minimum atomic E-state index is -2.79. The van der Waals surface area contributed by atoms with E-state index in [2.05, 4.69) is 20.3 Å².